The number of piperidine rings is 1. The number of anilines is 2. The summed E-state index contributed by atoms with van der Waals surface area (Å²) in [4.78, 5) is 29.4. The van der Waals surface area contributed by atoms with Crippen LogP contribution in [0.1, 0.15) is 67.3 Å². The van der Waals surface area contributed by atoms with Gasteiger partial charge in [0.15, 0.2) is 0 Å². The SMILES string of the molecule is COCCNC(=O)c1cc(NC(=O)C23CC4CC(CC(C4)C2)C3)ccc1N1CCC(Cc2ccccc2)CC1. The van der Waals surface area contributed by atoms with Gasteiger partial charge in [0.25, 0.3) is 5.91 Å². The van der Waals surface area contributed by atoms with E-state index in [1.165, 1.54) is 24.8 Å². The Kier molecular flexibility index (Phi) is 7.66. The fourth-order valence-corrected chi connectivity index (χ4v) is 8.41. The fourth-order valence-electron chi connectivity index (χ4n) is 8.41. The van der Waals surface area contributed by atoms with Crippen molar-refractivity contribution in [3.8, 4) is 0 Å². The molecule has 0 atom stereocenters. The van der Waals surface area contributed by atoms with E-state index >= 15 is 0 Å². The van der Waals surface area contributed by atoms with E-state index < -0.39 is 0 Å². The highest BCUT2D eigenvalue weighted by Crippen LogP contribution is 2.60. The molecule has 2 N–H and O–H groups in total. The predicted molar refractivity (Wildman–Crippen MR) is 155 cm³/mol. The standard InChI is InChI=1S/C33H43N3O3/c1-39-14-11-34-31(37)29-19-28(35-32(38)33-20-25-16-26(21-33)18-27(17-25)22-33)7-8-30(29)36-12-9-24(10-13-36)15-23-5-3-2-4-6-23/h2-8,19,24-27H,9-18,20-22H2,1H3,(H,34,37)(H,35,38). The van der Waals surface area contributed by atoms with Crippen molar-refractivity contribution in [3.63, 3.8) is 0 Å². The first-order valence-corrected chi connectivity index (χ1v) is 15.0. The van der Waals surface area contributed by atoms with Crippen LogP contribution in [0.2, 0.25) is 0 Å². The summed E-state index contributed by atoms with van der Waals surface area (Å²) in [5.74, 6) is 2.87. The highest BCUT2D eigenvalue weighted by molar-refractivity contribution is 6.03. The molecule has 39 heavy (non-hydrogen) atoms. The van der Waals surface area contributed by atoms with Gasteiger partial charge in [0, 0.05) is 38.1 Å². The maximum atomic E-state index is 13.7. The van der Waals surface area contributed by atoms with E-state index in [9.17, 15) is 9.59 Å². The minimum atomic E-state index is -0.213. The van der Waals surface area contributed by atoms with Crippen molar-refractivity contribution in [2.24, 2.45) is 29.1 Å². The maximum Gasteiger partial charge on any atom is 0.253 e. The van der Waals surface area contributed by atoms with Gasteiger partial charge in [0.05, 0.1) is 17.6 Å². The van der Waals surface area contributed by atoms with Gasteiger partial charge >= 0.3 is 0 Å². The molecule has 4 aliphatic carbocycles. The fraction of sp³-hybridized carbons (Fsp3) is 0.576. The van der Waals surface area contributed by atoms with Crippen LogP contribution in [0.25, 0.3) is 0 Å². The summed E-state index contributed by atoms with van der Waals surface area (Å²) in [5, 5.41) is 6.27. The van der Waals surface area contributed by atoms with Gasteiger partial charge in [0.1, 0.15) is 0 Å². The third-order valence-corrected chi connectivity index (χ3v) is 9.93. The Morgan fingerprint density at radius 3 is 2.26 bits per heavy atom. The Morgan fingerprint density at radius 2 is 1.62 bits per heavy atom. The van der Waals surface area contributed by atoms with Gasteiger partial charge in [-0.25, -0.2) is 0 Å². The third-order valence-electron chi connectivity index (χ3n) is 9.93. The topological polar surface area (TPSA) is 70.7 Å². The molecule has 0 spiro atoms. The Balaban J connectivity index is 1.17. The summed E-state index contributed by atoms with van der Waals surface area (Å²) < 4.78 is 5.15. The molecule has 4 saturated carbocycles. The molecule has 0 aromatic heterocycles. The van der Waals surface area contributed by atoms with Crippen LogP contribution >= 0.6 is 0 Å². The number of nitrogens with zero attached hydrogens (tertiary/aromatic N) is 1. The van der Waals surface area contributed by atoms with Gasteiger partial charge in [-0.3, -0.25) is 9.59 Å². The van der Waals surface area contributed by atoms with Crippen LogP contribution in [0.5, 0.6) is 0 Å². The lowest BCUT2D eigenvalue weighted by Crippen LogP contribution is -2.51. The number of hydrogen-bond donors (Lipinski definition) is 2. The second kappa shape index (κ2) is 11.3. The van der Waals surface area contributed by atoms with Crippen LogP contribution in [0.15, 0.2) is 48.5 Å². The predicted octanol–water partition coefficient (Wildman–Crippen LogP) is 5.68. The van der Waals surface area contributed by atoms with Crippen molar-refractivity contribution < 1.29 is 14.3 Å². The van der Waals surface area contributed by atoms with Crippen molar-refractivity contribution in [2.75, 3.05) is 43.6 Å². The van der Waals surface area contributed by atoms with E-state index in [2.05, 4.69) is 45.9 Å². The Hall–Kier alpha value is -2.86. The van der Waals surface area contributed by atoms with Crippen molar-refractivity contribution >= 4 is 23.2 Å². The van der Waals surface area contributed by atoms with Gasteiger partial charge < -0.3 is 20.3 Å². The number of carbonyl (C=O) groups is 2. The van der Waals surface area contributed by atoms with Crippen molar-refractivity contribution in [3.05, 3.63) is 59.7 Å². The summed E-state index contributed by atoms with van der Waals surface area (Å²) in [6.45, 7) is 2.77. The Bertz CT molecular complexity index is 1140. The molecular formula is C33H43N3O3. The van der Waals surface area contributed by atoms with Crippen LogP contribution in [0.4, 0.5) is 11.4 Å². The summed E-state index contributed by atoms with van der Waals surface area (Å²) in [7, 11) is 1.64. The highest BCUT2D eigenvalue weighted by Gasteiger charge is 2.54. The molecule has 2 aromatic rings. The molecule has 1 aliphatic heterocycles. The van der Waals surface area contributed by atoms with Crippen molar-refractivity contribution in [1.29, 1.82) is 0 Å². The molecule has 4 bridgehead atoms. The summed E-state index contributed by atoms with van der Waals surface area (Å²) in [6.07, 6.45) is 10.4. The van der Waals surface area contributed by atoms with Gasteiger partial charge in [-0.2, -0.15) is 0 Å². The number of carbonyl (C=O) groups excluding carboxylic acids is 2. The van der Waals surface area contributed by atoms with E-state index in [0.717, 1.165) is 80.7 Å². The lowest BCUT2D eigenvalue weighted by Gasteiger charge is -2.55. The Labute approximate surface area is 232 Å². The summed E-state index contributed by atoms with van der Waals surface area (Å²) in [6, 6.07) is 16.7. The molecule has 7 rings (SSSR count). The second-order valence-electron chi connectivity index (χ2n) is 12.8. The number of ether oxygens (including phenoxy) is 1. The lowest BCUT2D eigenvalue weighted by molar-refractivity contribution is -0.140. The number of amides is 2. The summed E-state index contributed by atoms with van der Waals surface area (Å²) in [5.41, 5.74) is 3.50. The normalized spacial score (nSPS) is 27.9. The van der Waals surface area contributed by atoms with Gasteiger partial charge in [-0.15, -0.1) is 0 Å². The van der Waals surface area contributed by atoms with Crippen LogP contribution in [0.3, 0.4) is 0 Å². The monoisotopic (exact) mass is 529 g/mol. The van der Waals surface area contributed by atoms with Crippen LogP contribution in [-0.2, 0) is 16.0 Å². The van der Waals surface area contributed by atoms with Crippen molar-refractivity contribution in [2.45, 2.75) is 57.8 Å². The number of benzene rings is 2. The molecule has 1 saturated heterocycles. The first-order valence-electron chi connectivity index (χ1n) is 15.0. The van der Waals surface area contributed by atoms with Crippen LogP contribution in [0, 0.1) is 29.1 Å². The summed E-state index contributed by atoms with van der Waals surface area (Å²) >= 11 is 0. The van der Waals surface area contributed by atoms with Crippen LogP contribution < -0.4 is 15.5 Å². The lowest BCUT2D eigenvalue weighted by atomic mass is 9.49. The molecule has 208 valence electrons. The zero-order valence-electron chi connectivity index (χ0n) is 23.3. The second-order valence-corrected chi connectivity index (χ2v) is 12.8. The molecule has 2 aromatic carbocycles. The maximum absolute atomic E-state index is 13.7. The first kappa shape index (κ1) is 26.4. The van der Waals surface area contributed by atoms with E-state index in [1.807, 2.05) is 18.2 Å². The van der Waals surface area contributed by atoms with E-state index in [-0.39, 0.29) is 17.2 Å². The minimum Gasteiger partial charge on any atom is -0.383 e. The molecule has 6 nitrogen and oxygen atoms in total. The van der Waals surface area contributed by atoms with E-state index in [4.69, 9.17) is 4.74 Å². The average molecular weight is 530 g/mol. The quantitative estimate of drug-likeness (QED) is 0.410. The number of rotatable bonds is 9. The largest absolute Gasteiger partial charge is 0.383 e. The molecule has 0 radical (unpaired) electrons. The third kappa shape index (κ3) is 5.72. The zero-order valence-corrected chi connectivity index (χ0v) is 23.3. The van der Waals surface area contributed by atoms with Gasteiger partial charge in [-0.1, -0.05) is 30.3 Å². The number of hydrogen-bond acceptors (Lipinski definition) is 4. The zero-order chi connectivity index (χ0) is 26.8. The average Bonchev–Trinajstić information content (AvgIpc) is 2.93. The van der Waals surface area contributed by atoms with E-state index in [1.54, 1.807) is 7.11 Å². The van der Waals surface area contributed by atoms with Crippen molar-refractivity contribution in [1.82, 2.24) is 5.32 Å². The molecular weight excluding hydrogens is 486 g/mol. The minimum absolute atomic E-state index is 0.112. The molecule has 1 heterocycles. The number of nitrogens with one attached hydrogen (secondary N) is 2. The highest BCUT2D eigenvalue weighted by atomic mass is 16.5. The molecule has 2 amide bonds. The molecule has 6 heteroatoms. The smallest absolute Gasteiger partial charge is 0.253 e. The first-order chi connectivity index (χ1) is 19.0. The van der Waals surface area contributed by atoms with Gasteiger partial charge in [0.2, 0.25) is 5.91 Å². The molecule has 5 fully saturated rings. The van der Waals surface area contributed by atoms with Gasteiger partial charge in [-0.05, 0) is 105 Å². The number of methoxy groups -OCH3 is 1. The van der Waals surface area contributed by atoms with Crippen LogP contribution in [-0.4, -0.2) is 45.2 Å². The van der Waals surface area contributed by atoms with E-state index in [0.29, 0.717) is 24.6 Å². The molecule has 5 aliphatic rings. The Morgan fingerprint density at radius 1 is 0.949 bits per heavy atom. The molecule has 0 unspecified atom stereocenters.